The Hall–Kier alpha value is -0.230. The average Bonchev–Trinajstić information content (AvgIpc) is 2.97. The molecule has 1 unspecified atom stereocenters. The van der Waals surface area contributed by atoms with E-state index in [9.17, 15) is 0 Å². The van der Waals surface area contributed by atoms with Crippen LogP contribution < -0.4 is 5.73 Å². The summed E-state index contributed by atoms with van der Waals surface area (Å²) in [5.41, 5.74) is 6.16. The molecule has 3 fully saturated rings. The Morgan fingerprint density at radius 1 is 1.26 bits per heavy atom. The third-order valence-electron chi connectivity index (χ3n) is 4.87. The van der Waals surface area contributed by atoms with Gasteiger partial charge >= 0.3 is 0 Å². The van der Waals surface area contributed by atoms with Crippen molar-refractivity contribution in [3.05, 3.63) is 0 Å². The number of morpholine rings is 1. The lowest BCUT2D eigenvalue weighted by molar-refractivity contribution is 0.0182. The van der Waals surface area contributed by atoms with Crippen molar-refractivity contribution in [2.75, 3.05) is 45.9 Å². The highest BCUT2D eigenvalue weighted by atomic mass is 32.1. The molecule has 19 heavy (non-hydrogen) atoms. The van der Waals surface area contributed by atoms with E-state index in [0.29, 0.717) is 10.4 Å². The van der Waals surface area contributed by atoms with E-state index < -0.39 is 0 Å². The van der Waals surface area contributed by atoms with E-state index in [2.05, 4.69) is 9.80 Å². The van der Waals surface area contributed by atoms with Crippen molar-refractivity contribution in [2.45, 2.75) is 31.7 Å². The number of likely N-dealkylation sites (tertiary alicyclic amines) is 1. The van der Waals surface area contributed by atoms with E-state index in [1.54, 1.807) is 0 Å². The highest BCUT2D eigenvalue weighted by molar-refractivity contribution is 7.80. The van der Waals surface area contributed by atoms with E-state index in [0.717, 1.165) is 38.8 Å². The molecular weight excluding hydrogens is 258 g/mol. The summed E-state index contributed by atoms with van der Waals surface area (Å²) < 4.78 is 5.44. The lowest BCUT2D eigenvalue weighted by atomic mass is 10.0. The molecule has 0 radical (unpaired) electrons. The molecule has 0 aromatic carbocycles. The van der Waals surface area contributed by atoms with Crippen molar-refractivity contribution in [1.29, 1.82) is 0 Å². The minimum Gasteiger partial charge on any atom is -0.393 e. The smallest absolute Gasteiger partial charge is 0.0733 e. The predicted octanol–water partition coefficient (Wildman–Crippen LogP) is 0.849. The van der Waals surface area contributed by atoms with Crippen molar-refractivity contribution < 1.29 is 4.74 Å². The third-order valence-corrected chi connectivity index (χ3v) is 5.02. The van der Waals surface area contributed by atoms with Gasteiger partial charge in [0, 0.05) is 38.6 Å². The van der Waals surface area contributed by atoms with E-state index >= 15 is 0 Å². The van der Waals surface area contributed by atoms with Crippen LogP contribution in [0.4, 0.5) is 0 Å². The molecule has 1 saturated carbocycles. The van der Waals surface area contributed by atoms with E-state index in [1.165, 1.54) is 38.9 Å². The van der Waals surface area contributed by atoms with E-state index in [1.807, 2.05) is 0 Å². The fourth-order valence-corrected chi connectivity index (χ4v) is 3.91. The molecule has 3 rings (SSSR count). The van der Waals surface area contributed by atoms with Crippen molar-refractivity contribution in [2.24, 2.45) is 11.1 Å². The average molecular weight is 283 g/mol. The first-order valence-corrected chi connectivity index (χ1v) is 7.90. The van der Waals surface area contributed by atoms with E-state index in [4.69, 9.17) is 22.7 Å². The van der Waals surface area contributed by atoms with Crippen LogP contribution in [0.25, 0.3) is 0 Å². The Morgan fingerprint density at radius 2 is 2.00 bits per heavy atom. The minimum atomic E-state index is 0.436. The zero-order chi connectivity index (χ0) is 13.3. The summed E-state index contributed by atoms with van der Waals surface area (Å²) in [6.07, 6.45) is 4.87. The van der Waals surface area contributed by atoms with Crippen LogP contribution in [0.15, 0.2) is 0 Å². The lowest BCUT2D eigenvalue weighted by Gasteiger charge is -2.32. The zero-order valence-corrected chi connectivity index (χ0v) is 12.5. The third kappa shape index (κ3) is 3.45. The van der Waals surface area contributed by atoms with Gasteiger partial charge in [0.05, 0.1) is 18.2 Å². The molecule has 0 amide bonds. The summed E-state index contributed by atoms with van der Waals surface area (Å²) in [7, 11) is 0. The summed E-state index contributed by atoms with van der Waals surface area (Å²) in [5.74, 6) is 0. The van der Waals surface area contributed by atoms with Crippen molar-refractivity contribution in [3.8, 4) is 0 Å². The van der Waals surface area contributed by atoms with Crippen LogP contribution in [0.3, 0.4) is 0 Å². The molecule has 1 atom stereocenters. The number of nitrogens with two attached hydrogens (primary N) is 1. The Morgan fingerprint density at radius 3 is 2.63 bits per heavy atom. The molecule has 5 heteroatoms. The van der Waals surface area contributed by atoms with Gasteiger partial charge in [-0.25, -0.2) is 0 Å². The topological polar surface area (TPSA) is 41.7 Å². The van der Waals surface area contributed by atoms with Gasteiger partial charge in [0.25, 0.3) is 0 Å². The standard InChI is InChI=1S/C14H25N3OS/c15-13(19)9-14(2-3-14)11-16-4-1-12(10-16)17-5-7-18-8-6-17/h12H,1-11H2,(H2,15,19). The van der Waals surface area contributed by atoms with Crippen LogP contribution >= 0.6 is 12.2 Å². The van der Waals surface area contributed by atoms with Gasteiger partial charge in [0.15, 0.2) is 0 Å². The number of thiocarbonyl (C=S) groups is 1. The van der Waals surface area contributed by atoms with E-state index in [-0.39, 0.29) is 0 Å². The first kappa shape index (κ1) is 13.7. The molecule has 0 bridgehead atoms. The molecule has 2 saturated heterocycles. The van der Waals surface area contributed by atoms with Gasteiger partial charge in [0.2, 0.25) is 0 Å². The molecule has 0 spiro atoms. The van der Waals surface area contributed by atoms with Gasteiger partial charge in [-0.3, -0.25) is 4.90 Å². The second-order valence-electron chi connectivity index (χ2n) is 6.47. The van der Waals surface area contributed by atoms with Gasteiger partial charge in [-0.15, -0.1) is 0 Å². The summed E-state index contributed by atoms with van der Waals surface area (Å²) >= 11 is 5.09. The number of hydrogen-bond donors (Lipinski definition) is 1. The van der Waals surface area contributed by atoms with Gasteiger partial charge in [-0.1, -0.05) is 12.2 Å². The molecule has 0 aromatic heterocycles. The maximum Gasteiger partial charge on any atom is 0.0733 e. The molecule has 3 aliphatic rings. The number of hydrogen-bond acceptors (Lipinski definition) is 4. The Kier molecular flexibility index (Phi) is 4.08. The molecule has 1 aliphatic carbocycles. The van der Waals surface area contributed by atoms with Crippen molar-refractivity contribution in [3.63, 3.8) is 0 Å². The van der Waals surface area contributed by atoms with Crippen LogP contribution in [0.2, 0.25) is 0 Å². The molecular formula is C14H25N3OS. The quantitative estimate of drug-likeness (QED) is 0.758. The van der Waals surface area contributed by atoms with Gasteiger partial charge < -0.3 is 15.4 Å². The highest BCUT2D eigenvalue weighted by Gasteiger charge is 2.45. The SMILES string of the molecule is NC(=S)CC1(CN2CCC(N3CCOCC3)C2)CC1. The van der Waals surface area contributed by atoms with Crippen LogP contribution in [0, 0.1) is 5.41 Å². The highest BCUT2D eigenvalue weighted by Crippen LogP contribution is 2.49. The normalized spacial score (nSPS) is 31.5. The van der Waals surface area contributed by atoms with Gasteiger partial charge in [-0.05, 0) is 31.2 Å². The summed E-state index contributed by atoms with van der Waals surface area (Å²) in [6.45, 7) is 7.68. The molecule has 2 N–H and O–H groups in total. The van der Waals surface area contributed by atoms with Crippen molar-refractivity contribution >= 4 is 17.2 Å². The first-order chi connectivity index (χ1) is 9.17. The maximum atomic E-state index is 5.73. The molecule has 108 valence electrons. The maximum absolute atomic E-state index is 5.73. The van der Waals surface area contributed by atoms with Crippen molar-refractivity contribution in [1.82, 2.24) is 9.80 Å². The molecule has 2 heterocycles. The molecule has 4 nitrogen and oxygen atoms in total. The van der Waals surface area contributed by atoms with Crippen LogP contribution in [0.1, 0.15) is 25.7 Å². The Labute approximate surface area is 121 Å². The largest absolute Gasteiger partial charge is 0.393 e. The monoisotopic (exact) mass is 283 g/mol. The predicted molar refractivity (Wildman–Crippen MR) is 80.3 cm³/mol. The van der Waals surface area contributed by atoms with Crippen LogP contribution in [0.5, 0.6) is 0 Å². The number of rotatable bonds is 5. The van der Waals surface area contributed by atoms with Gasteiger partial charge in [-0.2, -0.15) is 0 Å². The molecule has 0 aromatic rings. The number of ether oxygens (including phenoxy) is 1. The second kappa shape index (κ2) is 5.64. The van der Waals surface area contributed by atoms with Crippen LogP contribution in [-0.4, -0.2) is 66.8 Å². The van der Waals surface area contributed by atoms with Gasteiger partial charge in [0.1, 0.15) is 0 Å². The summed E-state index contributed by atoms with van der Waals surface area (Å²) in [5, 5.41) is 0. The second-order valence-corrected chi connectivity index (χ2v) is 6.99. The number of nitrogens with zero attached hydrogens (tertiary/aromatic N) is 2. The Balaban J connectivity index is 1.48. The lowest BCUT2D eigenvalue weighted by Crippen LogP contribution is -2.45. The van der Waals surface area contributed by atoms with Crippen LogP contribution in [-0.2, 0) is 4.74 Å². The fourth-order valence-electron chi connectivity index (χ4n) is 3.61. The first-order valence-electron chi connectivity index (χ1n) is 7.49. The summed E-state index contributed by atoms with van der Waals surface area (Å²) in [6, 6.07) is 0.740. The minimum absolute atomic E-state index is 0.436. The zero-order valence-electron chi connectivity index (χ0n) is 11.6. The fraction of sp³-hybridized carbons (Fsp3) is 0.929. The summed E-state index contributed by atoms with van der Waals surface area (Å²) in [4.78, 5) is 5.93. The molecule has 2 aliphatic heterocycles. The Bertz CT molecular complexity index is 340.